The Morgan fingerprint density at radius 1 is 1.14 bits per heavy atom. The molecule has 0 saturated heterocycles. The monoisotopic (exact) mass is 539 g/mol. The van der Waals surface area contributed by atoms with E-state index in [1.807, 2.05) is 43.5 Å². The number of aromatic nitrogens is 1. The zero-order valence-corrected chi connectivity index (χ0v) is 21.1. The van der Waals surface area contributed by atoms with Gasteiger partial charge in [-0.3, -0.25) is 4.79 Å². The van der Waals surface area contributed by atoms with Crippen LogP contribution in [0.15, 0.2) is 52.6 Å². The lowest BCUT2D eigenvalue weighted by atomic mass is 10.1. The second kappa shape index (κ2) is 12.6. The number of esters is 1. The Morgan fingerprint density at radius 3 is 2.66 bits per heavy atom. The zero-order chi connectivity index (χ0) is 25.2. The molecule has 0 saturated carbocycles. The number of nitrogens with zero attached hydrogens (tertiary/aromatic N) is 1. The molecule has 0 fully saturated rings. The molecular formula is C26H26BrN3O5. The smallest absolute Gasteiger partial charge is 0.344 e. The highest BCUT2D eigenvalue weighted by Gasteiger charge is 2.15. The van der Waals surface area contributed by atoms with Crippen LogP contribution in [0.4, 0.5) is 0 Å². The lowest BCUT2D eigenvalue weighted by molar-refractivity contribution is -0.145. The van der Waals surface area contributed by atoms with Crippen molar-refractivity contribution in [1.82, 2.24) is 10.3 Å². The minimum Gasteiger partial charge on any atom is -0.490 e. The first-order valence-corrected chi connectivity index (χ1v) is 12.0. The molecule has 0 radical (unpaired) electrons. The van der Waals surface area contributed by atoms with Crippen LogP contribution in [0.25, 0.3) is 17.0 Å². The lowest BCUT2D eigenvalue weighted by Crippen LogP contribution is -2.26. The third-order valence-electron chi connectivity index (χ3n) is 5.03. The number of H-pyrrole nitrogens is 1. The summed E-state index contributed by atoms with van der Waals surface area (Å²) >= 11 is 3.44. The van der Waals surface area contributed by atoms with Crippen LogP contribution in [0.1, 0.15) is 25.0 Å². The van der Waals surface area contributed by atoms with E-state index in [2.05, 4.69) is 26.2 Å². The Labute approximate surface area is 212 Å². The first-order chi connectivity index (χ1) is 17.0. The molecule has 0 aliphatic rings. The van der Waals surface area contributed by atoms with Gasteiger partial charge in [-0.15, -0.1) is 0 Å². The average molecular weight is 540 g/mol. The number of carbonyl (C=O) groups excluding carboxylic acids is 2. The number of para-hydroxylation sites is 1. The van der Waals surface area contributed by atoms with E-state index in [0.717, 1.165) is 16.5 Å². The van der Waals surface area contributed by atoms with Crippen LogP contribution in [-0.2, 0) is 20.7 Å². The molecule has 0 unspecified atom stereocenters. The average Bonchev–Trinajstić information content (AvgIpc) is 3.26. The summed E-state index contributed by atoms with van der Waals surface area (Å²) in [5.41, 5.74) is 2.63. The number of halogens is 1. The molecule has 0 bridgehead atoms. The van der Waals surface area contributed by atoms with E-state index in [0.29, 0.717) is 41.1 Å². The number of hydrogen-bond acceptors (Lipinski definition) is 6. The van der Waals surface area contributed by atoms with Gasteiger partial charge in [0.15, 0.2) is 18.1 Å². The number of hydrogen-bond donors (Lipinski definition) is 2. The van der Waals surface area contributed by atoms with E-state index in [1.165, 1.54) is 6.08 Å². The van der Waals surface area contributed by atoms with E-state index >= 15 is 0 Å². The molecule has 1 amide bonds. The normalized spacial score (nSPS) is 11.1. The molecule has 9 heteroatoms. The lowest BCUT2D eigenvalue weighted by Gasteiger charge is -2.14. The predicted octanol–water partition coefficient (Wildman–Crippen LogP) is 4.54. The van der Waals surface area contributed by atoms with Gasteiger partial charge in [-0.25, -0.2) is 4.79 Å². The van der Waals surface area contributed by atoms with Crippen LogP contribution in [0.3, 0.4) is 0 Å². The van der Waals surface area contributed by atoms with Crippen molar-refractivity contribution in [3.63, 3.8) is 0 Å². The number of nitrogens with one attached hydrogen (secondary N) is 2. The molecule has 0 spiro atoms. The Morgan fingerprint density at radius 2 is 1.91 bits per heavy atom. The summed E-state index contributed by atoms with van der Waals surface area (Å²) in [5.74, 6) is -0.250. The summed E-state index contributed by atoms with van der Waals surface area (Å²) < 4.78 is 16.6. The quantitative estimate of drug-likeness (QED) is 0.210. The molecule has 2 aromatic carbocycles. The molecule has 0 aliphatic heterocycles. The van der Waals surface area contributed by atoms with Gasteiger partial charge in [0, 0.05) is 28.1 Å². The Balaban J connectivity index is 1.71. The van der Waals surface area contributed by atoms with E-state index < -0.39 is 11.9 Å². The van der Waals surface area contributed by atoms with E-state index in [1.54, 1.807) is 19.1 Å². The van der Waals surface area contributed by atoms with Crippen molar-refractivity contribution in [3.05, 3.63) is 63.8 Å². The van der Waals surface area contributed by atoms with Crippen LogP contribution in [0.2, 0.25) is 0 Å². The fourth-order valence-corrected chi connectivity index (χ4v) is 3.87. The summed E-state index contributed by atoms with van der Waals surface area (Å²) in [4.78, 5) is 27.5. The van der Waals surface area contributed by atoms with E-state index in [-0.39, 0.29) is 18.8 Å². The minimum absolute atomic E-state index is 0.0488. The van der Waals surface area contributed by atoms with E-state index in [4.69, 9.17) is 14.2 Å². The number of aromatic amines is 1. The summed E-state index contributed by atoms with van der Waals surface area (Å²) in [6.07, 6.45) is 4.03. The number of carbonyl (C=O) groups is 2. The van der Waals surface area contributed by atoms with Gasteiger partial charge in [0.2, 0.25) is 0 Å². The molecule has 1 aromatic heterocycles. The second-order valence-electron chi connectivity index (χ2n) is 7.38. The Bertz CT molecular complexity index is 1280. The summed E-state index contributed by atoms with van der Waals surface area (Å²) in [6.45, 7) is 4.26. The molecule has 8 nitrogen and oxygen atoms in total. The maximum absolute atomic E-state index is 12.7. The molecule has 182 valence electrons. The van der Waals surface area contributed by atoms with Crippen LogP contribution < -0.4 is 14.8 Å². The van der Waals surface area contributed by atoms with Crippen molar-refractivity contribution in [1.29, 1.82) is 5.26 Å². The van der Waals surface area contributed by atoms with Crippen molar-refractivity contribution < 1.29 is 23.8 Å². The van der Waals surface area contributed by atoms with Gasteiger partial charge in [0.1, 0.15) is 11.6 Å². The maximum atomic E-state index is 12.7. The van der Waals surface area contributed by atoms with Crippen LogP contribution in [0.5, 0.6) is 11.5 Å². The fourth-order valence-electron chi connectivity index (χ4n) is 3.43. The number of benzene rings is 2. The van der Waals surface area contributed by atoms with Crippen molar-refractivity contribution in [2.24, 2.45) is 0 Å². The molecule has 0 aliphatic carbocycles. The SMILES string of the molecule is CCOC(=O)COc1cc(Br)c(/C=C(/C#N)C(=O)NCCc2c[nH]c3ccccc23)cc1OCC. The van der Waals surface area contributed by atoms with Gasteiger partial charge in [0.05, 0.1) is 13.2 Å². The molecule has 1 heterocycles. The highest BCUT2D eigenvalue weighted by Crippen LogP contribution is 2.35. The predicted molar refractivity (Wildman–Crippen MR) is 136 cm³/mol. The van der Waals surface area contributed by atoms with Crippen molar-refractivity contribution in [2.75, 3.05) is 26.4 Å². The van der Waals surface area contributed by atoms with Crippen molar-refractivity contribution in [2.45, 2.75) is 20.3 Å². The van der Waals surface area contributed by atoms with Gasteiger partial charge >= 0.3 is 5.97 Å². The van der Waals surface area contributed by atoms with Gasteiger partial charge in [-0.1, -0.05) is 34.1 Å². The van der Waals surface area contributed by atoms with Crippen molar-refractivity contribution in [3.8, 4) is 17.6 Å². The minimum atomic E-state index is -0.494. The number of nitriles is 1. The maximum Gasteiger partial charge on any atom is 0.344 e. The van der Waals surface area contributed by atoms with Crippen LogP contribution >= 0.6 is 15.9 Å². The van der Waals surface area contributed by atoms with Gasteiger partial charge < -0.3 is 24.5 Å². The first-order valence-electron chi connectivity index (χ1n) is 11.2. The zero-order valence-electron chi connectivity index (χ0n) is 19.5. The number of fused-ring (bicyclic) bond motifs is 1. The third-order valence-corrected chi connectivity index (χ3v) is 5.72. The third kappa shape index (κ3) is 6.87. The van der Waals surface area contributed by atoms with Crippen molar-refractivity contribution >= 4 is 44.8 Å². The summed E-state index contributed by atoms with van der Waals surface area (Å²) in [6, 6.07) is 13.2. The molecule has 0 atom stereocenters. The molecule has 3 aromatic rings. The van der Waals surface area contributed by atoms with Crippen LogP contribution in [0, 0.1) is 11.3 Å². The summed E-state index contributed by atoms with van der Waals surface area (Å²) in [7, 11) is 0. The number of rotatable bonds is 11. The van der Waals surface area contributed by atoms with Crippen LogP contribution in [-0.4, -0.2) is 43.2 Å². The number of ether oxygens (including phenoxy) is 3. The van der Waals surface area contributed by atoms with Gasteiger partial charge in [-0.2, -0.15) is 5.26 Å². The highest BCUT2D eigenvalue weighted by atomic mass is 79.9. The molecule has 2 N–H and O–H groups in total. The highest BCUT2D eigenvalue weighted by molar-refractivity contribution is 9.10. The number of amides is 1. The van der Waals surface area contributed by atoms with Gasteiger partial charge in [0.25, 0.3) is 5.91 Å². The summed E-state index contributed by atoms with van der Waals surface area (Å²) in [5, 5.41) is 13.5. The Kier molecular flexibility index (Phi) is 9.32. The fraction of sp³-hybridized carbons (Fsp3) is 0.269. The standard InChI is InChI=1S/C26H26BrN3O5/c1-3-33-23-12-18(21(27)13-24(23)35-16-25(31)34-4-2)11-19(14-28)26(32)29-10-9-17-15-30-22-8-6-5-7-20(17)22/h5-8,11-13,15,30H,3-4,9-10,16H2,1-2H3,(H,29,32)/b19-11-. The molecular weight excluding hydrogens is 514 g/mol. The Hall–Kier alpha value is -3.77. The van der Waals surface area contributed by atoms with Gasteiger partial charge in [-0.05, 0) is 55.7 Å². The topological polar surface area (TPSA) is 113 Å². The molecule has 3 rings (SSSR count). The van der Waals surface area contributed by atoms with E-state index in [9.17, 15) is 14.9 Å². The second-order valence-corrected chi connectivity index (χ2v) is 8.24. The largest absolute Gasteiger partial charge is 0.490 e. The molecule has 35 heavy (non-hydrogen) atoms. The first kappa shape index (κ1) is 25.8.